The van der Waals surface area contributed by atoms with Crippen molar-refractivity contribution in [2.75, 3.05) is 6.54 Å². The van der Waals surface area contributed by atoms with Crippen molar-refractivity contribution in [2.45, 2.75) is 33.6 Å². The second-order valence-corrected chi connectivity index (χ2v) is 6.05. The van der Waals surface area contributed by atoms with Crippen LogP contribution in [-0.2, 0) is 0 Å². The van der Waals surface area contributed by atoms with Gasteiger partial charge in [-0.3, -0.25) is 14.7 Å². The summed E-state index contributed by atoms with van der Waals surface area (Å²) in [6, 6.07) is 7.09. The molecule has 2 N–H and O–H groups in total. The molecular formula is C18H23N3O2. The summed E-state index contributed by atoms with van der Waals surface area (Å²) in [5.41, 5.74) is 2.64. The molecule has 0 atom stereocenters. The molecule has 1 amide bonds. The Bertz CT molecular complexity index is 676. The van der Waals surface area contributed by atoms with Crippen LogP contribution in [0.3, 0.4) is 0 Å². The maximum absolute atomic E-state index is 12.4. The highest BCUT2D eigenvalue weighted by Gasteiger charge is 2.15. The number of hydrogen-bond acceptors (Lipinski definition) is 3. The highest BCUT2D eigenvalue weighted by Crippen LogP contribution is 2.22. The average Bonchev–Trinajstić information content (AvgIpc) is 3.06. The van der Waals surface area contributed by atoms with Gasteiger partial charge in [0.1, 0.15) is 0 Å². The number of carbonyl (C=O) groups excluding carboxylic acids is 2. The molecule has 0 spiro atoms. The number of nitrogens with one attached hydrogen (secondary N) is 2. The van der Waals surface area contributed by atoms with Gasteiger partial charge in [0.25, 0.3) is 5.91 Å². The summed E-state index contributed by atoms with van der Waals surface area (Å²) in [6.45, 7) is 6.62. The lowest BCUT2D eigenvalue weighted by Gasteiger charge is -2.10. The van der Waals surface area contributed by atoms with Crippen molar-refractivity contribution in [1.82, 2.24) is 15.5 Å². The van der Waals surface area contributed by atoms with Crippen LogP contribution >= 0.6 is 0 Å². The Hall–Kier alpha value is -2.43. The first-order chi connectivity index (χ1) is 11.0. The van der Waals surface area contributed by atoms with Gasteiger partial charge in [0, 0.05) is 35.9 Å². The van der Waals surface area contributed by atoms with E-state index in [9.17, 15) is 9.59 Å². The third kappa shape index (κ3) is 4.52. The number of nitrogens with zero attached hydrogens (tertiary/aromatic N) is 1. The molecule has 0 radical (unpaired) electrons. The van der Waals surface area contributed by atoms with E-state index in [1.165, 1.54) is 0 Å². The fraction of sp³-hybridized carbons (Fsp3) is 0.389. The maximum Gasteiger partial charge on any atom is 0.251 e. The van der Waals surface area contributed by atoms with Crippen molar-refractivity contribution in [3.63, 3.8) is 0 Å². The molecule has 1 aromatic carbocycles. The van der Waals surface area contributed by atoms with E-state index in [1.54, 1.807) is 18.3 Å². The van der Waals surface area contributed by atoms with Crippen LogP contribution in [-0.4, -0.2) is 28.4 Å². The van der Waals surface area contributed by atoms with Crippen molar-refractivity contribution in [3.05, 3.63) is 41.6 Å². The quantitative estimate of drug-likeness (QED) is 0.769. The number of H-pyrrole nitrogens is 1. The van der Waals surface area contributed by atoms with E-state index in [1.807, 2.05) is 32.9 Å². The number of benzene rings is 1. The smallest absolute Gasteiger partial charge is 0.251 e. The molecule has 5 nitrogen and oxygen atoms in total. The lowest BCUT2D eigenvalue weighted by molar-refractivity contribution is 0.0953. The molecule has 0 unspecified atom stereocenters. The molecule has 0 fully saturated rings. The highest BCUT2D eigenvalue weighted by molar-refractivity contribution is 6.02. The SMILES string of the molecule is CCCNC(=O)c1cc(C(=O)CC(C)C)cc(-c2ccn[nH]2)c1. The lowest BCUT2D eigenvalue weighted by atomic mass is 9.96. The van der Waals surface area contributed by atoms with Gasteiger partial charge in [-0.05, 0) is 36.6 Å². The monoisotopic (exact) mass is 313 g/mol. The van der Waals surface area contributed by atoms with Crippen LogP contribution in [0.2, 0.25) is 0 Å². The number of Topliss-reactive ketones (excluding diaryl/α,β-unsaturated/α-hetero) is 1. The maximum atomic E-state index is 12.4. The van der Waals surface area contributed by atoms with Crippen molar-refractivity contribution >= 4 is 11.7 Å². The molecular weight excluding hydrogens is 290 g/mol. The molecule has 122 valence electrons. The molecule has 0 aliphatic carbocycles. The zero-order chi connectivity index (χ0) is 16.8. The van der Waals surface area contributed by atoms with E-state index in [0.717, 1.165) is 17.7 Å². The van der Waals surface area contributed by atoms with Crippen LogP contribution in [0.1, 0.15) is 54.3 Å². The molecule has 23 heavy (non-hydrogen) atoms. The van der Waals surface area contributed by atoms with E-state index in [4.69, 9.17) is 0 Å². The van der Waals surface area contributed by atoms with E-state index < -0.39 is 0 Å². The summed E-state index contributed by atoms with van der Waals surface area (Å²) in [5, 5.41) is 9.66. The summed E-state index contributed by atoms with van der Waals surface area (Å²) in [5.74, 6) is 0.161. The van der Waals surface area contributed by atoms with Crippen LogP contribution in [0.25, 0.3) is 11.3 Å². The van der Waals surface area contributed by atoms with Crippen LogP contribution < -0.4 is 5.32 Å². The molecule has 0 aliphatic rings. The summed E-state index contributed by atoms with van der Waals surface area (Å²) >= 11 is 0. The Morgan fingerprint density at radius 1 is 1.22 bits per heavy atom. The van der Waals surface area contributed by atoms with Crippen LogP contribution in [0.5, 0.6) is 0 Å². The summed E-state index contributed by atoms with van der Waals surface area (Å²) in [4.78, 5) is 24.7. The molecule has 0 bridgehead atoms. The summed E-state index contributed by atoms with van der Waals surface area (Å²) in [7, 11) is 0. The molecule has 5 heteroatoms. The lowest BCUT2D eigenvalue weighted by Crippen LogP contribution is -2.24. The molecule has 1 heterocycles. The van der Waals surface area contributed by atoms with Crippen molar-refractivity contribution in [1.29, 1.82) is 0 Å². The number of carbonyl (C=O) groups is 2. The number of ketones is 1. The third-order valence-corrected chi connectivity index (χ3v) is 3.46. The predicted molar refractivity (Wildman–Crippen MR) is 90.4 cm³/mol. The van der Waals surface area contributed by atoms with Gasteiger partial charge in [0.2, 0.25) is 0 Å². The Morgan fingerprint density at radius 3 is 2.57 bits per heavy atom. The van der Waals surface area contributed by atoms with Gasteiger partial charge in [0.05, 0.1) is 5.69 Å². The van der Waals surface area contributed by atoms with Crippen LogP contribution in [0, 0.1) is 5.92 Å². The second kappa shape index (κ2) is 7.72. The fourth-order valence-corrected chi connectivity index (χ4v) is 2.32. The number of hydrogen-bond donors (Lipinski definition) is 2. The highest BCUT2D eigenvalue weighted by atomic mass is 16.1. The first-order valence-corrected chi connectivity index (χ1v) is 7.97. The Balaban J connectivity index is 2.39. The Kier molecular flexibility index (Phi) is 5.68. The van der Waals surface area contributed by atoms with E-state index in [-0.39, 0.29) is 17.6 Å². The largest absolute Gasteiger partial charge is 0.352 e. The first-order valence-electron chi connectivity index (χ1n) is 7.97. The number of amides is 1. The number of aromatic nitrogens is 2. The van der Waals surface area contributed by atoms with Gasteiger partial charge in [-0.2, -0.15) is 5.10 Å². The minimum absolute atomic E-state index is 0.0471. The van der Waals surface area contributed by atoms with Gasteiger partial charge in [-0.1, -0.05) is 20.8 Å². The third-order valence-electron chi connectivity index (χ3n) is 3.46. The molecule has 0 aliphatic heterocycles. The first kappa shape index (κ1) is 16.9. The van der Waals surface area contributed by atoms with Gasteiger partial charge in [-0.15, -0.1) is 0 Å². The van der Waals surface area contributed by atoms with E-state index in [2.05, 4.69) is 15.5 Å². The molecule has 2 rings (SSSR count). The minimum atomic E-state index is -0.160. The van der Waals surface area contributed by atoms with Gasteiger partial charge >= 0.3 is 0 Å². The van der Waals surface area contributed by atoms with E-state index in [0.29, 0.717) is 24.1 Å². The molecule has 2 aromatic rings. The minimum Gasteiger partial charge on any atom is -0.352 e. The standard InChI is InChI=1S/C18H23N3O2/c1-4-6-19-18(23)15-10-13(16-5-7-20-21-16)9-14(11-15)17(22)8-12(2)3/h5,7,9-12H,4,6,8H2,1-3H3,(H,19,23)(H,20,21). The van der Waals surface area contributed by atoms with Gasteiger partial charge in [-0.25, -0.2) is 0 Å². The van der Waals surface area contributed by atoms with Crippen LogP contribution in [0.4, 0.5) is 0 Å². The fourth-order valence-electron chi connectivity index (χ4n) is 2.32. The molecule has 1 aromatic heterocycles. The van der Waals surface area contributed by atoms with Gasteiger partial charge in [0.15, 0.2) is 5.78 Å². The molecule has 0 saturated carbocycles. The van der Waals surface area contributed by atoms with Crippen molar-refractivity contribution in [2.24, 2.45) is 5.92 Å². The van der Waals surface area contributed by atoms with Gasteiger partial charge < -0.3 is 5.32 Å². The van der Waals surface area contributed by atoms with Crippen molar-refractivity contribution in [3.8, 4) is 11.3 Å². The summed E-state index contributed by atoms with van der Waals surface area (Å²) in [6.07, 6.45) is 2.97. The van der Waals surface area contributed by atoms with Crippen molar-refractivity contribution < 1.29 is 9.59 Å². The van der Waals surface area contributed by atoms with E-state index >= 15 is 0 Å². The Morgan fingerprint density at radius 2 is 1.96 bits per heavy atom. The zero-order valence-corrected chi connectivity index (χ0v) is 13.8. The summed E-state index contributed by atoms with van der Waals surface area (Å²) < 4.78 is 0. The van der Waals surface area contributed by atoms with Crippen LogP contribution in [0.15, 0.2) is 30.5 Å². The topological polar surface area (TPSA) is 74.8 Å². The number of rotatable bonds is 7. The second-order valence-electron chi connectivity index (χ2n) is 6.05. The zero-order valence-electron chi connectivity index (χ0n) is 13.8. The number of aromatic amines is 1. The predicted octanol–water partition coefficient (Wildman–Crippen LogP) is 3.45. The Labute approximate surface area is 136 Å². The average molecular weight is 313 g/mol. The molecule has 0 saturated heterocycles. The normalized spacial score (nSPS) is 10.8.